The van der Waals surface area contributed by atoms with Crippen molar-refractivity contribution in [3.8, 4) is 0 Å². The van der Waals surface area contributed by atoms with Crippen molar-refractivity contribution < 1.29 is 19.1 Å². The van der Waals surface area contributed by atoms with Crippen molar-refractivity contribution in [2.24, 2.45) is 0 Å². The fourth-order valence-corrected chi connectivity index (χ4v) is 2.68. The molecular formula is C15H17BrFNO3. The molecule has 0 spiro atoms. The summed E-state index contributed by atoms with van der Waals surface area (Å²) in [5.41, 5.74) is -0.160. The lowest BCUT2D eigenvalue weighted by molar-refractivity contribution is -0.150. The number of carbonyl (C=O) groups excluding carboxylic acids is 1. The zero-order chi connectivity index (χ0) is 15.6. The van der Waals surface area contributed by atoms with Gasteiger partial charge in [-0.1, -0.05) is 28.1 Å². The normalized spacial score (nSPS) is 21.6. The summed E-state index contributed by atoms with van der Waals surface area (Å²) in [7, 11) is 0. The Balaban J connectivity index is 1.91. The van der Waals surface area contributed by atoms with E-state index in [1.807, 2.05) is 25.1 Å². The molecule has 1 fully saturated rings. The molecule has 1 saturated heterocycles. The van der Waals surface area contributed by atoms with E-state index in [-0.39, 0.29) is 31.8 Å². The predicted octanol–water partition coefficient (Wildman–Crippen LogP) is 2.72. The topological polar surface area (TPSA) is 57.6 Å². The number of nitrogens with zero attached hydrogens (tertiary/aromatic N) is 1. The van der Waals surface area contributed by atoms with Crippen molar-refractivity contribution >= 4 is 27.8 Å². The van der Waals surface area contributed by atoms with E-state index in [0.29, 0.717) is 6.42 Å². The Morgan fingerprint density at radius 2 is 2.19 bits per heavy atom. The third-order valence-corrected chi connectivity index (χ3v) is 4.70. The van der Waals surface area contributed by atoms with Gasteiger partial charge in [-0.2, -0.15) is 0 Å². The van der Waals surface area contributed by atoms with Gasteiger partial charge in [0.25, 0.3) is 0 Å². The van der Waals surface area contributed by atoms with Gasteiger partial charge >= 0.3 is 5.97 Å². The molecule has 1 N–H and O–H groups in total. The van der Waals surface area contributed by atoms with E-state index in [4.69, 9.17) is 5.11 Å². The highest BCUT2D eigenvalue weighted by atomic mass is 79.9. The molecule has 1 aliphatic heterocycles. The molecule has 1 amide bonds. The van der Waals surface area contributed by atoms with Crippen LogP contribution in [0.5, 0.6) is 0 Å². The van der Waals surface area contributed by atoms with Crippen LogP contribution in [-0.2, 0) is 16.0 Å². The maximum atomic E-state index is 13.9. The molecule has 1 aromatic rings. The molecular weight excluding hydrogens is 341 g/mol. The smallest absolute Gasteiger partial charge is 0.343 e. The van der Waals surface area contributed by atoms with Gasteiger partial charge in [0.1, 0.15) is 0 Å². The molecule has 1 aliphatic rings. The molecule has 6 heteroatoms. The third-order valence-electron chi connectivity index (χ3n) is 3.81. The molecule has 1 aromatic carbocycles. The van der Waals surface area contributed by atoms with Gasteiger partial charge in [-0.15, -0.1) is 0 Å². The lowest BCUT2D eigenvalue weighted by Crippen LogP contribution is -2.38. The Kier molecular flexibility index (Phi) is 4.66. The third kappa shape index (κ3) is 3.61. The number of alkyl halides is 1. The van der Waals surface area contributed by atoms with E-state index >= 15 is 0 Å². The summed E-state index contributed by atoms with van der Waals surface area (Å²) in [4.78, 5) is 24.2. The first-order valence-electron chi connectivity index (χ1n) is 6.77. The van der Waals surface area contributed by atoms with Crippen LogP contribution in [0.15, 0.2) is 22.7 Å². The van der Waals surface area contributed by atoms with Crippen LogP contribution in [0.3, 0.4) is 0 Å². The van der Waals surface area contributed by atoms with Crippen molar-refractivity contribution in [2.45, 2.75) is 31.9 Å². The van der Waals surface area contributed by atoms with Gasteiger partial charge in [0.2, 0.25) is 11.6 Å². The lowest BCUT2D eigenvalue weighted by atomic mass is 10.1. The van der Waals surface area contributed by atoms with Crippen LogP contribution < -0.4 is 0 Å². The van der Waals surface area contributed by atoms with Crippen molar-refractivity contribution in [2.75, 3.05) is 13.1 Å². The average molecular weight is 358 g/mol. The maximum absolute atomic E-state index is 13.9. The fourth-order valence-electron chi connectivity index (χ4n) is 2.43. The minimum absolute atomic E-state index is 0.133. The summed E-state index contributed by atoms with van der Waals surface area (Å²) >= 11 is 3.42. The van der Waals surface area contributed by atoms with Gasteiger partial charge in [-0.3, -0.25) is 4.79 Å². The van der Waals surface area contributed by atoms with Gasteiger partial charge in [-0.05, 0) is 30.5 Å². The molecule has 1 heterocycles. The van der Waals surface area contributed by atoms with Crippen LogP contribution in [0, 0.1) is 6.92 Å². The number of amides is 1. The second-order valence-electron chi connectivity index (χ2n) is 5.42. The summed E-state index contributed by atoms with van der Waals surface area (Å²) in [5, 5.41) is 8.82. The fraction of sp³-hybridized carbons (Fsp3) is 0.467. The largest absolute Gasteiger partial charge is 0.479 e. The Morgan fingerprint density at radius 1 is 1.48 bits per heavy atom. The molecule has 0 saturated carbocycles. The van der Waals surface area contributed by atoms with Crippen LogP contribution in [-0.4, -0.2) is 40.6 Å². The predicted molar refractivity (Wildman–Crippen MR) is 79.9 cm³/mol. The Labute approximate surface area is 131 Å². The van der Waals surface area contributed by atoms with Gasteiger partial charge < -0.3 is 10.0 Å². The molecule has 114 valence electrons. The maximum Gasteiger partial charge on any atom is 0.343 e. The summed E-state index contributed by atoms with van der Waals surface area (Å²) in [6.45, 7) is 1.79. The number of carboxylic acid groups (broad SMARTS) is 1. The first kappa shape index (κ1) is 15.9. The molecule has 1 unspecified atom stereocenters. The van der Waals surface area contributed by atoms with E-state index in [1.165, 1.54) is 4.90 Å². The molecule has 0 aromatic heterocycles. The van der Waals surface area contributed by atoms with Crippen LogP contribution in [0.1, 0.15) is 24.0 Å². The van der Waals surface area contributed by atoms with Crippen LogP contribution >= 0.6 is 15.9 Å². The number of carboxylic acids is 1. The first-order chi connectivity index (χ1) is 9.82. The van der Waals surface area contributed by atoms with Crippen molar-refractivity contribution in [3.63, 3.8) is 0 Å². The van der Waals surface area contributed by atoms with Crippen molar-refractivity contribution in [1.29, 1.82) is 0 Å². The van der Waals surface area contributed by atoms with E-state index in [0.717, 1.165) is 15.6 Å². The number of hydrogen-bond acceptors (Lipinski definition) is 2. The number of hydrogen-bond donors (Lipinski definition) is 1. The first-order valence-corrected chi connectivity index (χ1v) is 7.56. The Hall–Kier alpha value is -1.43. The van der Waals surface area contributed by atoms with Crippen molar-refractivity contribution in [1.82, 2.24) is 4.90 Å². The van der Waals surface area contributed by atoms with Crippen LogP contribution in [0.2, 0.25) is 0 Å². The van der Waals surface area contributed by atoms with Crippen LogP contribution in [0.4, 0.5) is 4.39 Å². The molecule has 2 rings (SSSR count). The SMILES string of the molecule is Cc1cc(CCC(=O)N2CCC(F)(C(=O)O)C2)ccc1Br. The number of aryl methyl sites for hydroxylation is 2. The number of benzene rings is 1. The summed E-state index contributed by atoms with van der Waals surface area (Å²) < 4.78 is 14.9. The summed E-state index contributed by atoms with van der Waals surface area (Å²) in [6, 6.07) is 5.87. The zero-order valence-electron chi connectivity index (χ0n) is 11.7. The van der Waals surface area contributed by atoms with E-state index in [9.17, 15) is 14.0 Å². The van der Waals surface area contributed by atoms with E-state index < -0.39 is 11.6 Å². The van der Waals surface area contributed by atoms with Gasteiger partial charge in [0, 0.05) is 23.9 Å². The minimum atomic E-state index is -2.29. The number of rotatable bonds is 4. The number of carbonyl (C=O) groups is 2. The molecule has 21 heavy (non-hydrogen) atoms. The highest BCUT2D eigenvalue weighted by Crippen LogP contribution is 2.26. The monoisotopic (exact) mass is 357 g/mol. The standard InChI is InChI=1S/C15H17BrFNO3/c1-10-8-11(2-4-12(10)16)3-5-13(19)18-7-6-15(17,9-18)14(20)21/h2,4,8H,3,5-7,9H2,1H3,(H,20,21). The van der Waals surface area contributed by atoms with Gasteiger partial charge in [0.15, 0.2) is 0 Å². The second-order valence-corrected chi connectivity index (χ2v) is 6.27. The quantitative estimate of drug-likeness (QED) is 0.901. The number of aliphatic carboxylic acids is 1. The highest BCUT2D eigenvalue weighted by molar-refractivity contribution is 9.10. The Morgan fingerprint density at radius 3 is 2.76 bits per heavy atom. The molecule has 0 radical (unpaired) electrons. The van der Waals surface area contributed by atoms with Gasteiger partial charge in [0.05, 0.1) is 6.54 Å². The highest BCUT2D eigenvalue weighted by Gasteiger charge is 2.46. The second kappa shape index (κ2) is 6.13. The zero-order valence-corrected chi connectivity index (χ0v) is 13.3. The number of halogens is 2. The average Bonchev–Trinajstić information content (AvgIpc) is 2.84. The lowest BCUT2D eigenvalue weighted by Gasteiger charge is -2.17. The Bertz CT molecular complexity index is 578. The molecule has 4 nitrogen and oxygen atoms in total. The molecule has 1 atom stereocenters. The van der Waals surface area contributed by atoms with Crippen LogP contribution in [0.25, 0.3) is 0 Å². The summed E-state index contributed by atoms with van der Waals surface area (Å²) in [6.07, 6.45) is 0.693. The summed E-state index contributed by atoms with van der Waals surface area (Å²) in [5.74, 6) is -1.68. The van der Waals surface area contributed by atoms with E-state index in [1.54, 1.807) is 0 Å². The van der Waals surface area contributed by atoms with Crippen molar-refractivity contribution in [3.05, 3.63) is 33.8 Å². The molecule has 0 bridgehead atoms. The minimum Gasteiger partial charge on any atom is -0.479 e. The van der Waals surface area contributed by atoms with E-state index in [2.05, 4.69) is 15.9 Å². The number of likely N-dealkylation sites (tertiary alicyclic amines) is 1. The van der Waals surface area contributed by atoms with Gasteiger partial charge in [-0.25, -0.2) is 9.18 Å². The molecule has 0 aliphatic carbocycles.